The van der Waals surface area contributed by atoms with E-state index < -0.39 is 0 Å². The summed E-state index contributed by atoms with van der Waals surface area (Å²) in [7, 11) is 0. The predicted molar refractivity (Wildman–Crippen MR) is 87.8 cm³/mol. The summed E-state index contributed by atoms with van der Waals surface area (Å²) in [5.41, 5.74) is 0. The van der Waals surface area contributed by atoms with E-state index in [-0.39, 0.29) is 11.9 Å². The largest absolute Gasteiger partial charge is 0.492 e. The molecule has 1 aliphatic rings. The number of hydrogen-bond acceptors (Lipinski definition) is 6. The Balaban J connectivity index is 1.78. The lowest BCUT2D eigenvalue weighted by Crippen LogP contribution is -2.36. The van der Waals surface area contributed by atoms with Crippen molar-refractivity contribution >= 4 is 16.3 Å². The maximum absolute atomic E-state index is 10.6. The third-order valence-corrected chi connectivity index (χ3v) is 5.69. The molecule has 1 atom stereocenters. The molecule has 0 saturated carbocycles. The van der Waals surface area contributed by atoms with Crippen LogP contribution in [0.15, 0.2) is 22.9 Å². The topological polar surface area (TPSA) is 66.8 Å². The molecule has 1 N–H and O–H groups in total. The molecule has 122 valence electrons. The van der Waals surface area contributed by atoms with Crippen LogP contribution in [0.1, 0.15) is 42.2 Å². The molecule has 3 aromatic rings. The number of aromatic hydroxyl groups is 1. The number of nitrogens with zero attached hydrogens (tertiary/aromatic N) is 4. The molecule has 0 radical (unpaired) electrons. The van der Waals surface area contributed by atoms with Crippen LogP contribution in [-0.4, -0.2) is 37.7 Å². The molecule has 0 aliphatic carbocycles. The smallest absolute Gasteiger partial charge is 0.230 e. The molecular formula is C16H20N4O2S. The van der Waals surface area contributed by atoms with Gasteiger partial charge in [-0.3, -0.25) is 4.90 Å². The molecule has 0 bridgehead atoms. The second kappa shape index (κ2) is 5.65. The van der Waals surface area contributed by atoms with Gasteiger partial charge in [0.05, 0.1) is 4.88 Å². The van der Waals surface area contributed by atoms with E-state index in [0.717, 1.165) is 48.2 Å². The normalized spacial score (nSPS) is 18.7. The number of piperidine rings is 1. The third kappa shape index (κ3) is 2.53. The first-order valence-electron chi connectivity index (χ1n) is 7.95. The number of likely N-dealkylation sites (tertiary alicyclic amines) is 1. The monoisotopic (exact) mass is 332 g/mol. The Morgan fingerprint density at radius 1 is 1.35 bits per heavy atom. The van der Waals surface area contributed by atoms with Gasteiger partial charge in [-0.25, -0.2) is 4.98 Å². The number of aromatic nitrogens is 3. The number of fused-ring (bicyclic) bond motifs is 1. The van der Waals surface area contributed by atoms with Crippen LogP contribution >= 0.6 is 11.3 Å². The summed E-state index contributed by atoms with van der Waals surface area (Å²) in [6.45, 7) is 6.24. The molecule has 0 amide bonds. The average molecular weight is 332 g/mol. The maximum atomic E-state index is 10.6. The van der Waals surface area contributed by atoms with E-state index in [1.54, 1.807) is 0 Å². The second-order valence-electron chi connectivity index (χ2n) is 6.31. The number of aryl methyl sites for hydroxylation is 1. The van der Waals surface area contributed by atoms with Crippen LogP contribution in [-0.2, 0) is 0 Å². The number of thiazole rings is 1. The molecule has 1 aliphatic heterocycles. The van der Waals surface area contributed by atoms with Crippen molar-refractivity contribution in [3.63, 3.8) is 0 Å². The third-order valence-electron chi connectivity index (χ3n) is 4.60. The zero-order valence-electron chi connectivity index (χ0n) is 13.3. The first kappa shape index (κ1) is 14.7. The molecule has 3 aromatic heterocycles. The zero-order chi connectivity index (χ0) is 16.0. The van der Waals surface area contributed by atoms with Gasteiger partial charge in [0.15, 0.2) is 0 Å². The van der Waals surface area contributed by atoms with Gasteiger partial charge < -0.3 is 9.52 Å². The number of furan rings is 1. The second-order valence-corrected chi connectivity index (χ2v) is 7.32. The summed E-state index contributed by atoms with van der Waals surface area (Å²) >= 11 is 1.47. The van der Waals surface area contributed by atoms with E-state index >= 15 is 0 Å². The van der Waals surface area contributed by atoms with Crippen LogP contribution in [0.5, 0.6) is 5.88 Å². The molecule has 0 spiro atoms. The highest BCUT2D eigenvalue weighted by atomic mass is 32.1. The summed E-state index contributed by atoms with van der Waals surface area (Å²) in [5, 5.41) is 14.7. The van der Waals surface area contributed by atoms with Crippen molar-refractivity contribution in [2.45, 2.75) is 32.7 Å². The lowest BCUT2D eigenvalue weighted by molar-refractivity contribution is 0.143. The van der Waals surface area contributed by atoms with Gasteiger partial charge in [-0.15, -0.1) is 0 Å². The Bertz CT molecular complexity index is 813. The summed E-state index contributed by atoms with van der Waals surface area (Å²) in [5.74, 6) is 2.67. The van der Waals surface area contributed by atoms with Gasteiger partial charge in [-0.05, 0) is 50.9 Å². The van der Waals surface area contributed by atoms with Gasteiger partial charge in [-0.2, -0.15) is 9.61 Å². The van der Waals surface area contributed by atoms with E-state index in [9.17, 15) is 5.11 Å². The van der Waals surface area contributed by atoms with E-state index in [4.69, 9.17) is 4.42 Å². The van der Waals surface area contributed by atoms with Gasteiger partial charge in [0.25, 0.3) is 0 Å². The summed E-state index contributed by atoms with van der Waals surface area (Å²) < 4.78 is 7.41. The Morgan fingerprint density at radius 3 is 2.78 bits per heavy atom. The first-order valence-corrected chi connectivity index (χ1v) is 8.77. The highest BCUT2D eigenvalue weighted by molar-refractivity contribution is 7.17. The standard InChI is InChI=1S/C16H20N4O2S/c1-10-5-7-19(8-6-10)13(12-4-3-11(2)22-12)14-15(21)20-16(23-14)17-9-18-20/h3-4,9-10,13,21H,5-8H2,1-2H3. The summed E-state index contributed by atoms with van der Waals surface area (Å²) in [6, 6.07) is 3.90. The van der Waals surface area contributed by atoms with Gasteiger partial charge in [0, 0.05) is 0 Å². The Kier molecular flexibility index (Phi) is 3.61. The lowest BCUT2D eigenvalue weighted by atomic mass is 9.97. The molecule has 1 unspecified atom stereocenters. The molecule has 0 aromatic carbocycles. The molecule has 1 saturated heterocycles. The van der Waals surface area contributed by atoms with Gasteiger partial charge in [-0.1, -0.05) is 18.3 Å². The molecular weight excluding hydrogens is 312 g/mol. The van der Waals surface area contributed by atoms with E-state index in [1.807, 2.05) is 19.1 Å². The van der Waals surface area contributed by atoms with Crippen LogP contribution in [0, 0.1) is 12.8 Å². The molecule has 1 fully saturated rings. The van der Waals surface area contributed by atoms with Crippen molar-refractivity contribution in [3.05, 3.63) is 34.9 Å². The lowest BCUT2D eigenvalue weighted by Gasteiger charge is -2.35. The fourth-order valence-electron chi connectivity index (χ4n) is 3.23. The van der Waals surface area contributed by atoms with Gasteiger partial charge in [0.2, 0.25) is 10.8 Å². The Morgan fingerprint density at radius 2 is 2.13 bits per heavy atom. The SMILES string of the molecule is Cc1ccc(C(c2sc3ncnn3c2O)N2CCC(C)CC2)o1. The highest BCUT2D eigenvalue weighted by Gasteiger charge is 2.33. The minimum atomic E-state index is -0.0790. The van der Waals surface area contributed by atoms with Crippen molar-refractivity contribution in [1.29, 1.82) is 0 Å². The fraction of sp³-hybridized carbons (Fsp3) is 0.500. The number of hydrogen-bond donors (Lipinski definition) is 1. The van der Waals surface area contributed by atoms with Crippen LogP contribution in [0.2, 0.25) is 0 Å². The average Bonchev–Trinajstić information content (AvgIpc) is 3.22. The fourth-order valence-corrected chi connectivity index (χ4v) is 4.31. The van der Waals surface area contributed by atoms with E-state index in [2.05, 4.69) is 21.9 Å². The Labute approximate surface area is 138 Å². The van der Waals surface area contributed by atoms with Crippen LogP contribution < -0.4 is 0 Å². The maximum Gasteiger partial charge on any atom is 0.230 e. The molecule has 7 heteroatoms. The van der Waals surface area contributed by atoms with E-state index in [1.165, 1.54) is 22.2 Å². The highest BCUT2D eigenvalue weighted by Crippen LogP contribution is 2.41. The van der Waals surface area contributed by atoms with Crippen LogP contribution in [0.3, 0.4) is 0 Å². The van der Waals surface area contributed by atoms with Crippen molar-refractivity contribution in [2.75, 3.05) is 13.1 Å². The van der Waals surface area contributed by atoms with Crippen LogP contribution in [0.4, 0.5) is 0 Å². The molecule has 23 heavy (non-hydrogen) atoms. The first-order chi connectivity index (χ1) is 11.1. The number of rotatable bonds is 3. The predicted octanol–water partition coefficient (Wildman–Crippen LogP) is 3.22. The summed E-state index contributed by atoms with van der Waals surface area (Å²) in [6.07, 6.45) is 3.79. The van der Waals surface area contributed by atoms with Crippen LogP contribution in [0.25, 0.3) is 4.96 Å². The van der Waals surface area contributed by atoms with E-state index in [0.29, 0.717) is 4.96 Å². The van der Waals surface area contributed by atoms with Gasteiger partial charge in [0.1, 0.15) is 23.9 Å². The van der Waals surface area contributed by atoms with Crippen molar-refractivity contribution in [1.82, 2.24) is 19.5 Å². The minimum Gasteiger partial charge on any atom is -0.492 e. The molecule has 4 heterocycles. The minimum absolute atomic E-state index is 0.0790. The molecule has 6 nitrogen and oxygen atoms in total. The van der Waals surface area contributed by atoms with Crippen molar-refractivity contribution < 1.29 is 9.52 Å². The zero-order valence-corrected chi connectivity index (χ0v) is 14.1. The Hall–Kier alpha value is -1.86. The van der Waals surface area contributed by atoms with Crippen molar-refractivity contribution in [2.24, 2.45) is 5.92 Å². The molecule has 4 rings (SSSR count). The van der Waals surface area contributed by atoms with Crippen molar-refractivity contribution in [3.8, 4) is 5.88 Å². The van der Waals surface area contributed by atoms with Gasteiger partial charge >= 0.3 is 0 Å². The summed E-state index contributed by atoms with van der Waals surface area (Å²) in [4.78, 5) is 8.15. The quantitative estimate of drug-likeness (QED) is 0.798.